The predicted molar refractivity (Wildman–Crippen MR) is 136 cm³/mol. The molecule has 0 aliphatic heterocycles. The number of hydrogen-bond acceptors (Lipinski definition) is 2. The Morgan fingerprint density at radius 1 is 0.323 bits per heavy atom. The monoisotopic (exact) mass is 610 g/mol. The van der Waals surface area contributed by atoms with E-state index in [1.54, 1.807) is 0 Å². The smallest absolute Gasteiger partial charge is 0 e. The Morgan fingerprint density at radius 3 is 0.516 bits per heavy atom. The van der Waals surface area contributed by atoms with Gasteiger partial charge in [-0.1, -0.05) is 83.1 Å². The summed E-state index contributed by atoms with van der Waals surface area (Å²) in [5.74, 6) is 0. The van der Waals surface area contributed by atoms with E-state index < -0.39 is 0 Å². The molecule has 0 fully saturated rings. The van der Waals surface area contributed by atoms with Gasteiger partial charge in [0.15, 0.2) is 0 Å². The minimum atomic E-state index is -0.0952. The van der Waals surface area contributed by atoms with Crippen LogP contribution < -0.4 is 0 Å². The third-order valence-corrected chi connectivity index (χ3v) is 2.78. The zero-order valence-corrected chi connectivity index (χ0v) is 27.0. The van der Waals surface area contributed by atoms with Gasteiger partial charge in [0, 0.05) is 21.1 Å². The molecule has 0 spiro atoms. The molecule has 0 heterocycles. The maximum Gasteiger partial charge on any atom is 0 e. The van der Waals surface area contributed by atoms with E-state index in [1.165, 1.54) is 0 Å². The fourth-order valence-electron chi connectivity index (χ4n) is 1.78. The fraction of sp³-hybridized carbons (Fsp3) is 1.00. The van der Waals surface area contributed by atoms with Gasteiger partial charge in [0.05, 0.1) is 0 Å². The van der Waals surface area contributed by atoms with Gasteiger partial charge >= 0.3 is 0 Å². The van der Waals surface area contributed by atoms with Crippen LogP contribution in [-0.2, 0) is 21.1 Å². The second-order valence-corrected chi connectivity index (χ2v) is 14.0. The zero-order valence-electron chi connectivity index (χ0n) is 24.1. The third kappa shape index (κ3) is 23.4. The Hall–Kier alpha value is 0.448. The summed E-state index contributed by atoms with van der Waals surface area (Å²) in [6.07, 6.45) is 0. The average molecular weight is 611 g/mol. The quantitative estimate of drug-likeness (QED) is 0.300. The Labute approximate surface area is 210 Å². The average Bonchev–Trinajstić information content (AvgIpc) is 2.28. The number of rotatable bonds is 4. The van der Waals surface area contributed by atoms with Crippen molar-refractivity contribution in [1.82, 2.24) is 10.2 Å². The van der Waals surface area contributed by atoms with Crippen molar-refractivity contribution in [2.24, 2.45) is 0 Å². The van der Waals surface area contributed by atoms with E-state index in [9.17, 15) is 0 Å². The van der Waals surface area contributed by atoms with E-state index in [1.807, 2.05) is 10.2 Å². The van der Waals surface area contributed by atoms with Gasteiger partial charge in [-0.25, -0.2) is 0 Å². The van der Waals surface area contributed by atoms with E-state index in [-0.39, 0.29) is 54.3 Å². The van der Waals surface area contributed by atoms with Gasteiger partial charge in [-0.2, -0.15) is 0 Å². The van der Waals surface area contributed by atoms with Crippen LogP contribution in [0.4, 0.5) is 0 Å². The first-order chi connectivity index (χ1) is 12.6. The van der Waals surface area contributed by atoms with E-state index in [0.717, 1.165) is 0 Å². The minimum absolute atomic E-state index is 0. The molecule has 0 rings (SSSR count). The van der Waals surface area contributed by atoms with Gasteiger partial charge in [-0.05, 0) is 52.6 Å². The Bertz CT molecular complexity index is 401. The molecular weight excluding hydrogens is 556 g/mol. The van der Waals surface area contributed by atoms with Crippen molar-refractivity contribution < 1.29 is 21.1 Å². The Morgan fingerprint density at radius 2 is 0.452 bits per heavy atom. The van der Waals surface area contributed by atoms with Crippen molar-refractivity contribution in [3.8, 4) is 0 Å². The first-order valence-electron chi connectivity index (χ1n) is 11.1. The molecule has 0 N–H and O–H groups in total. The van der Waals surface area contributed by atoms with Crippen LogP contribution >= 0.6 is 0 Å². The molecule has 0 atom stereocenters. The summed E-state index contributed by atoms with van der Waals surface area (Å²) in [6.45, 7) is 37.8. The van der Waals surface area contributed by atoms with E-state index in [0.29, 0.717) is 0 Å². The maximum absolute atomic E-state index is 4.63. The van der Waals surface area contributed by atoms with E-state index in [2.05, 4.69) is 146 Å². The summed E-state index contributed by atoms with van der Waals surface area (Å²) in [7, 11) is 0. The predicted octanol–water partition coefficient (Wildman–Crippen LogP) is 8.52. The van der Waals surface area contributed by atoms with Crippen LogP contribution in [0.5, 0.6) is 0 Å². The molecule has 0 saturated carbocycles. The molecule has 0 bridgehead atoms. The van der Waals surface area contributed by atoms with Crippen molar-refractivity contribution in [1.29, 1.82) is 0 Å². The van der Waals surface area contributed by atoms with Crippen molar-refractivity contribution >= 4 is 0 Å². The molecular formula is C24H54N6W-4. The van der Waals surface area contributed by atoms with Crippen LogP contribution in [0.25, 0.3) is 21.7 Å². The first kappa shape index (κ1) is 36.0. The second-order valence-electron chi connectivity index (χ2n) is 14.0. The largest absolute Gasteiger partial charge is 0.609 e. The fourth-order valence-corrected chi connectivity index (χ4v) is 1.78. The van der Waals surface area contributed by atoms with Crippen LogP contribution in [0.1, 0.15) is 125 Å². The molecule has 0 aromatic carbocycles. The molecule has 0 unspecified atom stereocenters. The van der Waals surface area contributed by atoms with Gasteiger partial charge in [-0.15, -0.1) is 22.2 Å². The van der Waals surface area contributed by atoms with Crippen LogP contribution in [-0.4, -0.2) is 43.5 Å². The molecule has 0 amide bonds. The van der Waals surface area contributed by atoms with E-state index in [4.69, 9.17) is 0 Å². The topological polar surface area (TPSA) is 62.9 Å². The van der Waals surface area contributed by atoms with Gasteiger partial charge in [0.1, 0.15) is 0 Å². The summed E-state index contributed by atoms with van der Waals surface area (Å²) in [4.78, 5) is 0. The van der Waals surface area contributed by atoms with Crippen molar-refractivity contribution in [3.63, 3.8) is 0 Å². The molecule has 0 saturated heterocycles. The van der Waals surface area contributed by atoms with Crippen molar-refractivity contribution in [3.05, 3.63) is 21.7 Å². The standard InChI is InChI=1S/2C12H27N3.W/c2*1-10(2,3)13-15(12(7,8)9)14-11(4,5)6;/h2*1-9H3;/q2*-2;. The van der Waals surface area contributed by atoms with Gasteiger partial charge in [0.25, 0.3) is 0 Å². The summed E-state index contributed by atoms with van der Waals surface area (Å²) in [6, 6.07) is 0. The Kier molecular flexibility index (Phi) is 14.2. The van der Waals surface area contributed by atoms with Gasteiger partial charge < -0.3 is 31.9 Å². The first-order valence-corrected chi connectivity index (χ1v) is 11.1. The molecule has 7 heteroatoms. The number of nitrogens with zero attached hydrogens (tertiary/aromatic N) is 6. The second kappa shape index (κ2) is 12.2. The van der Waals surface area contributed by atoms with Crippen LogP contribution in [0.15, 0.2) is 0 Å². The van der Waals surface area contributed by atoms with Crippen molar-refractivity contribution in [2.75, 3.05) is 0 Å². The van der Waals surface area contributed by atoms with Crippen LogP contribution in [0.3, 0.4) is 0 Å². The SMILES string of the molecule is CC(C)(C)[N-]N([N-]C(C)(C)C)C(C)(C)C.CC(C)(C)[N-]N([N-]C(C)(C)C)C(C)(C)C.[W]. The summed E-state index contributed by atoms with van der Waals surface area (Å²) < 4.78 is 0. The molecule has 31 heavy (non-hydrogen) atoms. The van der Waals surface area contributed by atoms with Crippen LogP contribution in [0.2, 0.25) is 0 Å². The molecule has 0 aliphatic carbocycles. The van der Waals surface area contributed by atoms with Crippen LogP contribution in [0, 0.1) is 0 Å². The summed E-state index contributed by atoms with van der Waals surface area (Å²) in [5.41, 5.74) is 18.0. The number of hydrogen-bond donors (Lipinski definition) is 0. The zero-order chi connectivity index (χ0) is 25.0. The third-order valence-electron chi connectivity index (χ3n) is 2.78. The van der Waals surface area contributed by atoms with E-state index >= 15 is 0 Å². The normalized spacial score (nSPS) is 14.3. The van der Waals surface area contributed by atoms with Gasteiger partial charge in [-0.3, -0.25) is 0 Å². The minimum Gasteiger partial charge on any atom is -0.609 e. The molecule has 190 valence electrons. The maximum atomic E-state index is 4.63. The van der Waals surface area contributed by atoms with Crippen molar-refractivity contribution in [2.45, 2.75) is 158 Å². The van der Waals surface area contributed by atoms with Gasteiger partial charge in [0.2, 0.25) is 0 Å². The molecule has 0 radical (unpaired) electrons. The molecule has 0 aromatic rings. The molecule has 6 nitrogen and oxygen atoms in total. The Balaban J connectivity index is -0.000000490. The summed E-state index contributed by atoms with van der Waals surface area (Å²) in [5, 5.41) is 3.71. The molecule has 0 aliphatic rings. The summed E-state index contributed by atoms with van der Waals surface area (Å²) >= 11 is 0. The molecule has 0 aromatic heterocycles.